The van der Waals surface area contributed by atoms with Crippen LogP contribution in [0.25, 0.3) is 0 Å². The van der Waals surface area contributed by atoms with Gasteiger partial charge in [-0.1, -0.05) is 29.8 Å². The molecule has 1 atom stereocenters. The minimum atomic E-state index is -1.03. The maximum absolute atomic E-state index is 11.8. The molecule has 0 aliphatic rings. The van der Waals surface area contributed by atoms with E-state index in [1.807, 2.05) is 13.8 Å². The molecule has 104 valence electrons. The topological polar surface area (TPSA) is 66.4 Å². The number of hydrogen-bond acceptors (Lipinski definition) is 3. The average molecular weight is 328 g/mol. The molecule has 0 bridgehead atoms. The monoisotopic (exact) mass is 327 g/mol. The van der Waals surface area contributed by atoms with E-state index in [-0.39, 0.29) is 12.5 Å². The van der Waals surface area contributed by atoms with Gasteiger partial charge in [-0.3, -0.25) is 9.59 Å². The van der Waals surface area contributed by atoms with E-state index in [0.29, 0.717) is 5.56 Å². The molecule has 0 aliphatic carbocycles. The van der Waals surface area contributed by atoms with Gasteiger partial charge in [-0.05, 0) is 37.1 Å². The number of amides is 1. The van der Waals surface area contributed by atoms with E-state index in [0.717, 1.165) is 4.47 Å². The summed E-state index contributed by atoms with van der Waals surface area (Å²) in [6.45, 7) is 5.37. The second-order valence-corrected chi connectivity index (χ2v) is 5.95. The summed E-state index contributed by atoms with van der Waals surface area (Å²) in [5, 5.41) is 12.5. The maximum Gasteiger partial charge on any atom is 0.292 e. The summed E-state index contributed by atoms with van der Waals surface area (Å²) in [5.74, 6) is -1.33. The predicted octanol–water partition coefficient (Wildman–Crippen LogP) is 2.16. The molecule has 1 rings (SSSR count). The number of hydrogen-bond donors (Lipinski definition) is 2. The highest BCUT2D eigenvalue weighted by Crippen LogP contribution is 2.15. The molecule has 1 aromatic carbocycles. The van der Waals surface area contributed by atoms with Gasteiger partial charge in [0.25, 0.3) is 5.91 Å². The standard InChI is InChI=1S/C14H18BrNO3/c1-9(2)14(3,19)8-16-13(18)12(17)10-4-6-11(15)7-5-10/h4-7,9,19H,8H2,1-3H3,(H,16,18). The molecule has 0 saturated carbocycles. The van der Waals surface area contributed by atoms with Gasteiger partial charge in [0.05, 0.1) is 5.60 Å². The molecule has 0 radical (unpaired) electrons. The lowest BCUT2D eigenvalue weighted by Gasteiger charge is -2.27. The summed E-state index contributed by atoms with van der Waals surface area (Å²) in [7, 11) is 0. The Morgan fingerprint density at radius 1 is 1.32 bits per heavy atom. The Hall–Kier alpha value is -1.20. The normalized spacial score (nSPS) is 14.0. The average Bonchev–Trinajstić information content (AvgIpc) is 2.36. The lowest BCUT2D eigenvalue weighted by atomic mass is 9.92. The van der Waals surface area contributed by atoms with Crippen LogP contribution in [0.4, 0.5) is 0 Å². The van der Waals surface area contributed by atoms with E-state index in [2.05, 4.69) is 21.2 Å². The van der Waals surface area contributed by atoms with Gasteiger partial charge in [-0.15, -0.1) is 0 Å². The molecule has 0 aromatic heterocycles. The van der Waals surface area contributed by atoms with Crippen molar-refractivity contribution in [3.63, 3.8) is 0 Å². The maximum atomic E-state index is 11.8. The van der Waals surface area contributed by atoms with Crippen molar-refractivity contribution in [3.05, 3.63) is 34.3 Å². The highest BCUT2D eigenvalue weighted by Gasteiger charge is 2.26. The van der Waals surface area contributed by atoms with Gasteiger partial charge in [-0.25, -0.2) is 0 Å². The highest BCUT2D eigenvalue weighted by atomic mass is 79.9. The molecular weight excluding hydrogens is 310 g/mol. The zero-order valence-corrected chi connectivity index (χ0v) is 12.8. The molecule has 1 unspecified atom stereocenters. The van der Waals surface area contributed by atoms with Gasteiger partial charge in [0.2, 0.25) is 5.78 Å². The number of nitrogens with one attached hydrogen (secondary N) is 1. The van der Waals surface area contributed by atoms with E-state index >= 15 is 0 Å². The number of ketones is 1. The number of rotatable bonds is 5. The number of carbonyl (C=O) groups excluding carboxylic acids is 2. The first kappa shape index (κ1) is 15.9. The fraction of sp³-hybridized carbons (Fsp3) is 0.429. The van der Waals surface area contributed by atoms with Gasteiger partial charge in [-0.2, -0.15) is 0 Å². The first-order chi connectivity index (χ1) is 8.74. The first-order valence-corrected chi connectivity index (χ1v) is 6.84. The van der Waals surface area contributed by atoms with Crippen molar-refractivity contribution < 1.29 is 14.7 Å². The van der Waals surface area contributed by atoms with Gasteiger partial charge in [0.15, 0.2) is 0 Å². The minimum Gasteiger partial charge on any atom is -0.388 e. The van der Waals surface area contributed by atoms with E-state index in [9.17, 15) is 14.7 Å². The molecule has 5 heteroatoms. The molecule has 2 N–H and O–H groups in total. The van der Waals surface area contributed by atoms with Crippen LogP contribution in [0.3, 0.4) is 0 Å². The molecule has 1 amide bonds. The second kappa shape index (κ2) is 6.30. The Morgan fingerprint density at radius 2 is 1.84 bits per heavy atom. The highest BCUT2D eigenvalue weighted by molar-refractivity contribution is 9.10. The quantitative estimate of drug-likeness (QED) is 0.643. The Morgan fingerprint density at radius 3 is 2.32 bits per heavy atom. The summed E-state index contributed by atoms with van der Waals surface area (Å²) in [4.78, 5) is 23.5. The molecule has 4 nitrogen and oxygen atoms in total. The van der Waals surface area contributed by atoms with Crippen LogP contribution in [-0.4, -0.2) is 28.9 Å². The van der Waals surface area contributed by atoms with Gasteiger partial charge in [0, 0.05) is 16.6 Å². The fourth-order valence-corrected chi connectivity index (χ4v) is 1.54. The van der Waals surface area contributed by atoms with Crippen molar-refractivity contribution in [1.82, 2.24) is 5.32 Å². The molecule has 0 heterocycles. The van der Waals surface area contributed by atoms with Gasteiger partial charge in [0.1, 0.15) is 0 Å². The van der Waals surface area contributed by atoms with Crippen molar-refractivity contribution in [1.29, 1.82) is 0 Å². The van der Waals surface area contributed by atoms with Crippen molar-refractivity contribution in [2.24, 2.45) is 5.92 Å². The Labute approximate surface area is 121 Å². The molecule has 0 aliphatic heterocycles. The number of Topliss-reactive ketones (excluding diaryl/α,β-unsaturated/α-hetero) is 1. The van der Waals surface area contributed by atoms with Crippen LogP contribution in [-0.2, 0) is 4.79 Å². The molecular formula is C14H18BrNO3. The zero-order chi connectivity index (χ0) is 14.6. The molecule has 0 fully saturated rings. The minimum absolute atomic E-state index is 0.0180. The third-order valence-corrected chi connectivity index (χ3v) is 3.69. The summed E-state index contributed by atoms with van der Waals surface area (Å²) >= 11 is 3.26. The Balaban J connectivity index is 2.64. The van der Waals surface area contributed by atoms with Crippen LogP contribution in [0.15, 0.2) is 28.7 Å². The van der Waals surface area contributed by atoms with E-state index < -0.39 is 17.3 Å². The van der Waals surface area contributed by atoms with Crippen LogP contribution in [0, 0.1) is 5.92 Å². The summed E-state index contributed by atoms with van der Waals surface area (Å²) in [6.07, 6.45) is 0. The summed E-state index contributed by atoms with van der Waals surface area (Å²) < 4.78 is 0.840. The smallest absolute Gasteiger partial charge is 0.292 e. The lowest BCUT2D eigenvalue weighted by Crippen LogP contribution is -2.46. The van der Waals surface area contributed by atoms with E-state index in [1.165, 1.54) is 0 Å². The Kier molecular flexibility index (Phi) is 5.26. The first-order valence-electron chi connectivity index (χ1n) is 6.04. The molecule has 1 aromatic rings. The molecule has 0 spiro atoms. The SMILES string of the molecule is CC(C)C(C)(O)CNC(=O)C(=O)c1ccc(Br)cc1. The van der Waals surface area contributed by atoms with Crippen molar-refractivity contribution in [3.8, 4) is 0 Å². The zero-order valence-electron chi connectivity index (χ0n) is 11.2. The van der Waals surface area contributed by atoms with Crippen molar-refractivity contribution >= 4 is 27.6 Å². The fourth-order valence-electron chi connectivity index (χ4n) is 1.28. The number of halogens is 1. The van der Waals surface area contributed by atoms with E-state index in [4.69, 9.17) is 0 Å². The Bertz CT molecular complexity index is 466. The number of carbonyl (C=O) groups is 2. The van der Waals surface area contributed by atoms with Crippen molar-refractivity contribution in [2.75, 3.05) is 6.54 Å². The number of aliphatic hydroxyl groups is 1. The van der Waals surface area contributed by atoms with Crippen LogP contribution in [0.5, 0.6) is 0 Å². The third-order valence-electron chi connectivity index (χ3n) is 3.16. The van der Waals surface area contributed by atoms with Crippen LogP contribution in [0.1, 0.15) is 31.1 Å². The van der Waals surface area contributed by atoms with E-state index in [1.54, 1.807) is 31.2 Å². The lowest BCUT2D eigenvalue weighted by molar-refractivity contribution is -0.118. The van der Waals surface area contributed by atoms with Gasteiger partial charge >= 0.3 is 0 Å². The number of benzene rings is 1. The summed E-state index contributed by atoms with van der Waals surface area (Å²) in [6, 6.07) is 6.55. The molecule has 0 saturated heterocycles. The van der Waals surface area contributed by atoms with Crippen LogP contribution >= 0.6 is 15.9 Å². The predicted molar refractivity (Wildman–Crippen MR) is 76.9 cm³/mol. The third kappa shape index (κ3) is 4.44. The van der Waals surface area contributed by atoms with Gasteiger partial charge < -0.3 is 10.4 Å². The molecule has 19 heavy (non-hydrogen) atoms. The van der Waals surface area contributed by atoms with Crippen LogP contribution in [0.2, 0.25) is 0 Å². The summed E-state index contributed by atoms with van der Waals surface area (Å²) in [5.41, 5.74) is -0.708. The van der Waals surface area contributed by atoms with Crippen molar-refractivity contribution in [2.45, 2.75) is 26.4 Å². The van der Waals surface area contributed by atoms with Crippen LogP contribution < -0.4 is 5.32 Å². The second-order valence-electron chi connectivity index (χ2n) is 5.03. The largest absolute Gasteiger partial charge is 0.388 e.